The molecule has 0 aliphatic carbocycles. The largest absolute Gasteiger partial charge is 0.573 e. The summed E-state index contributed by atoms with van der Waals surface area (Å²) in [7, 11) is 0. The molecule has 0 saturated carbocycles. The second-order valence-corrected chi connectivity index (χ2v) is 8.19. The highest BCUT2D eigenvalue weighted by molar-refractivity contribution is 5.70. The molecule has 1 N–H and O–H groups in total. The molecule has 0 spiro atoms. The van der Waals surface area contributed by atoms with E-state index in [9.17, 15) is 23.1 Å². The maximum atomic E-state index is 12.8. The third-order valence-electron chi connectivity index (χ3n) is 4.41. The van der Waals surface area contributed by atoms with Crippen LogP contribution in [0.15, 0.2) is 42.5 Å². The van der Waals surface area contributed by atoms with Crippen LogP contribution in [0.1, 0.15) is 26.3 Å². The molecule has 1 saturated heterocycles. The summed E-state index contributed by atoms with van der Waals surface area (Å²) in [5.74, 6) is -0.552. The molecule has 1 heterocycles. The number of carbonyl (C=O) groups is 1. The Hall–Kier alpha value is -2.94. The predicted molar refractivity (Wildman–Crippen MR) is 107 cm³/mol. The summed E-state index contributed by atoms with van der Waals surface area (Å²) in [6.45, 7) is 5.45. The molecule has 0 bridgehead atoms. The maximum Gasteiger partial charge on any atom is 0.573 e. The number of alkyl halides is 3. The summed E-state index contributed by atoms with van der Waals surface area (Å²) in [5, 5.41) is 9.32. The molecule has 0 radical (unpaired) electrons. The molecule has 1 aliphatic rings. The Morgan fingerprint density at radius 2 is 1.74 bits per heavy atom. The van der Waals surface area contributed by atoms with Crippen molar-refractivity contribution in [3.8, 4) is 22.6 Å². The van der Waals surface area contributed by atoms with E-state index in [0.29, 0.717) is 16.7 Å². The topological polar surface area (TPSA) is 68.2 Å². The van der Waals surface area contributed by atoms with Gasteiger partial charge in [0.1, 0.15) is 11.7 Å². The quantitative estimate of drug-likeness (QED) is 0.729. The van der Waals surface area contributed by atoms with Crippen LogP contribution in [-0.2, 0) is 11.3 Å². The molecule has 0 unspecified atom stereocenters. The van der Waals surface area contributed by atoms with Gasteiger partial charge >= 0.3 is 12.5 Å². The monoisotopic (exact) mass is 439 g/mol. The van der Waals surface area contributed by atoms with Gasteiger partial charge in [0.05, 0.1) is 19.7 Å². The number of amides is 1. The van der Waals surface area contributed by atoms with Crippen LogP contribution in [0.4, 0.5) is 18.0 Å². The second kappa shape index (κ2) is 8.66. The lowest BCUT2D eigenvalue weighted by molar-refractivity contribution is -0.275. The van der Waals surface area contributed by atoms with Crippen molar-refractivity contribution in [1.29, 1.82) is 0 Å². The number of aliphatic hydroxyl groups excluding tert-OH is 1. The Labute approximate surface area is 178 Å². The van der Waals surface area contributed by atoms with Crippen molar-refractivity contribution < 1.29 is 37.3 Å². The lowest BCUT2D eigenvalue weighted by atomic mass is 10.0. The predicted octanol–water partition coefficient (Wildman–Crippen LogP) is 4.74. The van der Waals surface area contributed by atoms with E-state index in [-0.39, 0.29) is 25.4 Å². The lowest BCUT2D eigenvalue weighted by Gasteiger charge is -2.39. The first kappa shape index (κ1) is 22.7. The van der Waals surface area contributed by atoms with E-state index in [1.54, 1.807) is 45.0 Å². The summed E-state index contributed by atoms with van der Waals surface area (Å²) >= 11 is 0. The van der Waals surface area contributed by atoms with Gasteiger partial charge in [-0.2, -0.15) is 0 Å². The average Bonchev–Trinajstić information content (AvgIpc) is 2.62. The van der Waals surface area contributed by atoms with Crippen LogP contribution in [0.5, 0.6) is 11.5 Å². The number of benzene rings is 2. The van der Waals surface area contributed by atoms with Gasteiger partial charge in [-0.05, 0) is 55.7 Å². The van der Waals surface area contributed by atoms with E-state index < -0.39 is 29.9 Å². The molecule has 2 aromatic rings. The first-order chi connectivity index (χ1) is 14.4. The van der Waals surface area contributed by atoms with Gasteiger partial charge < -0.3 is 24.2 Å². The number of nitrogens with zero attached hydrogens (tertiary/aromatic N) is 1. The summed E-state index contributed by atoms with van der Waals surface area (Å²) in [6.07, 6.45) is -5.88. The van der Waals surface area contributed by atoms with Crippen LogP contribution in [0.3, 0.4) is 0 Å². The second-order valence-electron chi connectivity index (χ2n) is 8.19. The highest BCUT2D eigenvalue weighted by Gasteiger charge is 2.37. The first-order valence-corrected chi connectivity index (χ1v) is 9.68. The van der Waals surface area contributed by atoms with E-state index in [1.807, 2.05) is 0 Å². The number of aliphatic hydroxyl groups is 1. The van der Waals surface area contributed by atoms with Crippen molar-refractivity contribution in [3.63, 3.8) is 0 Å². The van der Waals surface area contributed by atoms with Crippen LogP contribution in [-0.4, -0.2) is 47.3 Å². The Morgan fingerprint density at radius 1 is 1.06 bits per heavy atom. The van der Waals surface area contributed by atoms with Crippen molar-refractivity contribution in [3.05, 3.63) is 48.0 Å². The molecular weight excluding hydrogens is 415 g/mol. The first-order valence-electron chi connectivity index (χ1n) is 9.68. The number of likely N-dealkylation sites (tertiary alicyclic amines) is 1. The van der Waals surface area contributed by atoms with Crippen LogP contribution in [0.2, 0.25) is 0 Å². The maximum absolute atomic E-state index is 12.8. The van der Waals surface area contributed by atoms with E-state index in [1.165, 1.54) is 23.1 Å². The van der Waals surface area contributed by atoms with Crippen LogP contribution < -0.4 is 9.47 Å². The normalized spacial score (nSPS) is 14.7. The van der Waals surface area contributed by atoms with Gasteiger partial charge in [-0.3, -0.25) is 0 Å². The molecule has 168 valence electrons. The van der Waals surface area contributed by atoms with Crippen molar-refractivity contribution in [2.24, 2.45) is 0 Å². The smallest absolute Gasteiger partial charge is 0.483 e. The van der Waals surface area contributed by atoms with Crippen molar-refractivity contribution >= 4 is 6.09 Å². The summed E-state index contributed by atoms with van der Waals surface area (Å²) in [6, 6.07) is 11.1. The standard InChI is InChI=1S/C22H24F3NO5/c1-21(2,3)31-20(28)26-11-17(12-26)29-19-10-16(7-8-18(19)30-22(23,24)25)15-6-4-5-14(9-15)13-27/h4-10,17,27H,11-13H2,1-3H3. The SMILES string of the molecule is CC(C)(C)OC(=O)N1CC(Oc2cc(-c3cccc(CO)c3)ccc2OC(F)(F)F)C1. The minimum Gasteiger partial charge on any atom is -0.483 e. The zero-order chi connectivity index (χ0) is 22.8. The molecule has 0 atom stereocenters. The lowest BCUT2D eigenvalue weighted by Crippen LogP contribution is -2.57. The number of rotatable bonds is 5. The third kappa shape index (κ3) is 6.27. The Morgan fingerprint density at radius 3 is 2.35 bits per heavy atom. The molecule has 1 amide bonds. The van der Waals surface area contributed by atoms with Crippen LogP contribution >= 0.6 is 0 Å². The highest BCUT2D eigenvalue weighted by Crippen LogP contribution is 2.37. The fourth-order valence-corrected chi connectivity index (χ4v) is 3.01. The molecule has 9 heteroatoms. The zero-order valence-electron chi connectivity index (χ0n) is 17.4. The van der Waals surface area contributed by atoms with Crippen LogP contribution in [0, 0.1) is 0 Å². The van der Waals surface area contributed by atoms with Gasteiger partial charge in [-0.1, -0.05) is 24.3 Å². The van der Waals surface area contributed by atoms with Gasteiger partial charge in [0.25, 0.3) is 0 Å². The van der Waals surface area contributed by atoms with Gasteiger partial charge in [0.15, 0.2) is 11.5 Å². The minimum absolute atomic E-state index is 0.0851. The molecule has 3 rings (SSSR count). The number of carbonyl (C=O) groups excluding carboxylic acids is 1. The third-order valence-corrected chi connectivity index (χ3v) is 4.41. The number of hydrogen-bond donors (Lipinski definition) is 1. The van der Waals surface area contributed by atoms with Crippen molar-refractivity contribution in [2.45, 2.75) is 45.4 Å². The Balaban J connectivity index is 1.78. The molecule has 1 fully saturated rings. The summed E-state index contributed by atoms with van der Waals surface area (Å²) in [5.41, 5.74) is 1.33. The molecule has 2 aromatic carbocycles. The summed E-state index contributed by atoms with van der Waals surface area (Å²) in [4.78, 5) is 13.5. The number of hydrogen-bond acceptors (Lipinski definition) is 5. The van der Waals surface area contributed by atoms with E-state index >= 15 is 0 Å². The van der Waals surface area contributed by atoms with Crippen molar-refractivity contribution in [2.75, 3.05) is 13.1 Å². The van der Waals surface area contributed by atoms with Gasteiger partial charge in [-0.25, -0.2) is 4.79 Å². The van der Waals surface area contributed by atoms with Gasteiger partial charge in [-0.15, -0.1) is 13.2 Å². The van der Waals surface area contributed by atoms with Gasteiger partial charge in [0, 0.05) is 0 Å². The summed E-state index contributed by atoms with van der Waals surface area (Å²) < 4.78 is 53.6. The molecule has 1 aliphatic heterocycles. The number of halogens is 3. The average molecular weight is 439 g/mol. The fraction of sp³-hybridized carbons (Fsp3) is 0.409. The van der Waals surface area contributed by atoms with Crippen molar-refractivity contribution in [1.82, 2.24) is 4.90 Å². The molecule has 31 heavy (non-hydrogen) atoms. The van der Waals surface area contributed by atoms with E-state index in [2.05, 4.69) is 4.74 Å². The fourth-order valence-electron chi connectivity index (χ4n) is 3.01. The zero-order valence-corrected chi connectivity index (χ0v) is 17.4. The molecule has 6 nitrogen and oxygen atoms in total. The Kier molecular flexibility index (Phi) is 6.35. The van der Waals surface area contributed by atoms with Crippen LogP contribution in [0.25, 0.3) is 11.1 Å². The number of ether oxygens (including phenoxy) is 3. The molecular formula is C22H24F3NO5. The Bertz CT molecular complexity index is 933. The van der Waals surface area contributed by atoms with E-state index in [4.69, 9.17) is 9.47 Å². The molecule has 0 aromatic heterocycles. The highest BCUT2D eigenvalue weighted by atomic mass is 19.4. The minimum atomic E-state index is -4.88. The van der Waals surface area contributed by atoms with E-state index in [0.717, 1.165) is 0 Å². The van der Waals surface area contributed by atoms with Gasteiger partial charge in [0.2, 0.25) is 0 Å².